The Kier molecular flexibility index (Phi) is 7.59. The Morgan fingerprint density at radius 3 is 2.49 bits per heavy atom. The van der Waals surface area contributed by atoms with Gasteiger partial charge in [0.25, 0.3) is 5.91 Å². The second-order valence-electron chi connectivity index (χ2n) is 7.70. The molecule has 0 atom stereocenters. The maximum Gasteiger partial charge on any atom is 0.271 e. The maximum absolute atomic E-state index is 13.6. The predicted molar refractivity (Wildman–Crippen MR) is 144 cm³/mol. The molecule has 0 saturated carbocycles. The monoisotopic (exact) mass is 547 g/mol. The number of para-hydroxylation sites is 2. The summed E-state index contributed by atoms with van der Waals surface area (Å²) in [5.41, 5.74) is 4.43. The topological polar surface area (TPSA) is 74.9 Å². The van der Waals surface area contributed by atoms with E-state index in [1.807, 2.05) is 74.5 Å². The molecule has 0 aromatic heterocycles. The average molecular weight is 548 g/mol. The lowest BCUT2D eigenvalue weighted by Gasteiger charge is -2.16. The van der Waals surface area contributed by atoms with E-state index in [0.29, 0.717) is 26.0 Å². The summed E-state index contributed by atoms with van der Waals surface area (Å²) in [7, 11) is 1.53. The molecule has 1 saturated heterocycles. The predicted octanol–water partition coefficient (Wildman–Crippen LogP) is 6.79. The van der Waals surface area contributed by atoms with Crippen LogP contribution in [0.15, 0.2) is 75.0 Å². The molecule has 35 heavy (non-hydrogen) atoms. The summed E-state index contributed by atoms with van der Waals surface area (Å²) in [6.45, 7) is 3.92. The molecular weight excluding hydrogens is 526 g/mol. The molecule has 3 aromatic rings. The van der Waals surface area contributed by atoms with Crippen LogP contribution in [0.25, 0.3) is 6.08 Å². The van der Waals surface area contributed by atoms with E-state index in [9.17, 15) is 4.79 Å². The zero-order valence-electron chi connectivity index (χ0n) is 19.4. The lowest BCUT2D eigenvalue weighted by Crippen LogP contribution is -2.28. The number of nitrogens with zero attached hydrogens (tertiary/aromatic N) is 3. The highest BCUT2D eigenvalue weighted by Crippen LogP contribution is 2.41. The number of nitriles is 1. The van der Waals surface area contributed by atoms with Crippen molar-refractivity contribution >= 4 is 56.2 Å². The van der Waals surface area contributed by atoms with E-state index in [0.717, 1.165) is 28.1 Å². The van der Waals surface area contributed by atoms with Crippen molar-refractivity contribution in [3.63, 3.8) is 0 Å². The Balaban J connectivity index is 1.79. The molecule has 1 amide bonds. The van der Waals surface area contributed by atoms with Crippen LogP contribution < -0.4 is 14.4 Å². The number of ether oxygens (including phenoxy) is 2. The first kappa shape index (κ1) is 24.6. The van der Waals surface area contributed by atoms with Crippen molar-refractivity contribution in [1.29, 1.82) is 5.26 Å². The lowest BCUT2D eigenvalue weighted by atomic mass is 10.1. The van der Waals surface area contributed by atoms with Gasteiger partial charge in [-0.1, -0.05) is 36.4 Å². The Labute approximate surface area is 217 Å². The first-order valence-electron chi connectivity index (χ1n) is 10.7. The van der Waals surface area contributed by atoms with Gasteiger partial charge in [0.15, 0.2) is 23.3 Å². The number of carbonyl (C=O) groups excluding carboxylic acids is 1. The van der Waals surface area contributed by atoms with Crippen LogP contribution in [0.1, 0.15) is 16.7 Å². The van der Waals surface area contributed by atoms with Crippen molar-refractivity contribution in [2.75, 3.05) is 18.6 Å². The number of anilines is 1. The average Bonchev–Trinajstić information content (AvgIpc) is 3.15. The summed E-state index contributed by atoms with van der Waals surface area (Å²) in [5, 5.41) is 9.43. The third-order valence-electron chi connectivity index (χ3n) is 5.30. The summed E-state index contributed by atoms with van der Waals surface area (Å²) < 4.78 is 11.6. The number of aryl methyl sites for hydroxylation is 2. The van der Waals surface area contributed by atoms with E-state index in [-0.39, 0.29) is 12.5 Å². The Hall–Kier alpha value is -3.54. The van der Waals surface area contributed by atoms with Gasteiger partial charge in [-0.25, -0.2) is 4.99 Å². The van der Waals surface area contributed by atoms with Crippen LogP contribution in [0.5, 0.6) is 11.5 Å². The highest BCUT2D eigenvalue weighted by atomic mass is 79.9. The summed E-state index contributed by atoms with van der Waals surface area (Å²) in [6, 6.07) is 21.0. The van der Waals surface area contributed by atoms with E-state index in [4.69, 9.17) is 19.7 Å². The largest absolute Gasteiger partial charge is 0.493 e. The number of thioether (sulfide) groups is 1. The molecule has 1 aliphatic heterocycles. The van der Waals surface area contributed by atoms with Crippen LogP contribution in [-0.2, 0) is 4.79 Å². The normalized spacial score (nSPS) is 15.5. The van der Waals surface area contributed by atoms with Gasteiger partial charge in [-0.05, 0) is 88.6 Å². The van der Waals surface area contributed by atoms with Crippen molar-refractivity contribution < 1.29 is 14.3 Å². The van der Waals surface area contributed by atoms with Gasteiger partial charge in [-0.3, -0.25) is 9.69 Å². The van der Waals surface area contributed by atoms with Gasteiger partial charge >= 0.3 is 0 Å². The fourth-order valence-electron chi connectivity index (χ4n) is 3.65. The number of rotatable bonds is 6. The molecule has 1 fully saturated rings. The van der Waals surface area contributed by atoms with Crippen LogP contribution in [0.3, 0.4) is 0 Å². The molecule has 1 heterocycles. The van der Waals surface area contributed by atoms with E-state index >= 15 is 0 Å². The van der Waals surface area contributed by atoms with Crippen molar-refractivity contribution in [3.05, 3.63) is 86.7 Å². The van der Waals surface area contributed by atoms with Gasteiger partial charge in [0.1, 0.15) is 6.07 Å². The van der Waals surface area contributed by atoms with Gasteiger partial charge in [0, 0.05) is 0 Å². The van der Waals surface area contributed by atoms with E-state index in [2.05, 4.69) is 15.9 Å². The molecule has 0 spiro atoms. The van der Waals surface area contributed by atoms with Gasteiger partial charge < -0.3 is 9.47 Å². The van der Waals surface area contributed by atoms with Crippen molar-refractivity contribution in [1.82, 2.24) is 0 Å². The minimum atomic E-state index is -0.161. The number of hydrogen-bond acceptors (Lipinski definition) is 6. The van der Waals surface area contributed by atoms with Gasteiger partial charge in [-0.2, -0.15) is 5.26 Å². The number of aliphatic imine (C=N–C) groups is 1. The molecule has 6 nitrogen and oxygen atoms in total. The summed E-state index contributed by atoms with van der Waals surface area (Å²) >= 11 is 4.81. The van der Waals surface area contributed by atoms with Crippen molar-refractivity contribution in [2.24, 2.45) is 4.99 Å². The molecule has 1 aliphatic rings. The van der Waals surface area contributed by atoms with Crippen LogP contribution in [-0.4, -0.2) is 24.8 Å². The second-order valence-corrected chi connectivity index (χ2v) is 9.57. The Morgan fingerprint density at radius 2 is 1.83 bits per heavy atom. The molecule has 0 unspecified atom stereocenters. The number of methoxy groups -OCH3 is 1. The molecular formula is C27H22BrN3O3S. The lowest BCUT2D eigenvalue weighted by molar-refractivity contribution is -0.113. The first-order chi connectivity index (χ1) is 16.9. The van der Waals surface area contributed by atoms with Gasteiger partial charge in [0.2, 0.25) is 0 Å². The standard InChI is InChI=1S/C27H22BrN3O3S/c1-17-8-7-9-18(2)24(17)30-27-31(20-10-5-4-6-11-20)26(32)23(35-27)16-19-14-21(28)25(34-13-12-29)22(15-19)33-3/h4-11,14-16H,13H2,1-3H3/b23-16+,30-27?. The maximum atomic E-state index is 13.6. The molecule has 3 aromatic carbocycles. The number of amidine groups is 1. The summed E-state index contributed by atoms with van der Waals surface area (Å²) in [5.74, 6) is 0.733. The van der Waals surface area contributed by atoms with E-state index in [1.165, 1.54) is 18.9 Å². The van der Waals surface area contributed by atoms with Gasteiger partial charge in [-0.15, -0.1) is 0 Å². The highest BCUT2D eigenvalue weighted by Gasteiger charge is 2.35. The molecule has 0 radical (unpaired) electrons. The molecule has 4 rings (SSSR count). The zero-order valence-corrected chi connectivity index (χ0v) is 21.8. The molecule has 176 valence electrons. The molecule has 0 N–H and O–H groups in total. The Morgan fingerprint density at radius 1 is 1.11 bits per heavy atom. The fraction of sp³-hybridized carbons (Fsp3) is 0.148. The number of amides is 1. The molecule has 0 bridgehead atoms. The van der Waals surface area contributed by atoms with Crippen molar-refractivity contribution in [2.45, 2.75) is 13.8 Å². The number of carbonyl (C=O) groups is 1. The van der Waals surface area contributed by atoms with Crippen LogP contribution in [0.4, 0.5) is 11.4 Å². The summed E-state index contributed by atoms with van der Waals surface area (Å²) in [4.78, 5) is 20.7. The van der Waals surface area contributed by atoms with E-state index in [1.54, 1.807) is 17.0 Å². The molecule has 8 heteroatoms. The first-order valence-corrected chi connectivity index (χ1v) is 12.3. The van der Waals surface area contributed by atoms with Crippen LogP contribution in [0.2, 0.25) is 0 Å². The zero-order chi connectivity index (χ0) is 24.9. The number of hydrogen-bond donors (Lipinski definition) is 0. The van der Waals surface area contributed by atoms with Crippen LogP contribution in [0, 0.1) is 25.2 Å². The fourth-order valence-corrected chi connectivity index (χ4v) is 5.21. The number of halogens is 1. The SMILES string of the molecule is COc1cc(/C=C2/SC(=Nc3c(C)cccc3C)N(c3ccccc3)C2=O)cc(Br)c1OCC#N. The number of benzene rings is 3. The summed E-state index contributed by atoms with van der Waals surface area (Å²) in [6.07, 6.45) is 1.80. The van der Waals surface area contributed by atoms with E-state index < -0.39 is 0 Å². The smallest absolute Gasteiger partial charge is 0.271 e. The quantitative estimate of drug-likeness (QED) is 0.317. The molecule has 0 aliphatic carbocycles. The minimum absolute atomic E-state index is 0.103. The second kappa shape index (κ2) is 10.8. The van der Waals surface area contributed by atoms with Crippen LogP contribution >= 0.6 is 27.7 Å². The van der Waals surface area contributed by atoms with Crippen molar-refractivity contribution in [3.8, 4) is 17.6 Å². The third-order valence-corrected chi connectivity index (χ3v) is 6.86. The highest BCUT2D eigenvalue weighted by molar-refractivity contribution is 9.10. The minimum Gasteiger partial charge on any atom is -0.493 e. The Bertz CT molecular complexity index is 1360. The third kappa shape index (κ3) is 5.26. The van der Waals surface area contributed by atoms with Gasteiger partial charge in [0.05, 0.1) is 27.9 Å².